The van der Waals surface area contributed by atoms with E-state index >= 15 is 0 Å². The fourth-order valence-electron chi connectivity index (χ4n) is 3.91. The molecule has 1 atom stereocenters. The summed E-state index contributed by atoms with van der Waals surface area (Å²) in [5, 5.41) is 2.98. The van der Waals surface area contributed by atoms with Gasteiger partial charge in [0.15, 0.2) is 0 Å². The number of hydrogen-bond acceptors (Lipinski definition) is 3. The minimum Gasteiger partial charge on any atom is -0.352 e. The lowest BCUT2D eigenvalue weighted by molar-refractivity contribution is -0.122. The van der Waals surface area contributed by atoms with Gasteiger partial charge in [0.1, 0.15) is 12.1 Å². The smallest absolute Gasteiger partial charge is 0.263 e. The summed E-state index contributed by atoms with van der Waals surface area (Å²) in [6.45, 7) is 2.48. The molecule has 1 heterocycles. The van der Waals surface area contributed by atoms with Crippen molar-refractivity contribution in [2.75, 3.05) is 13.6 Å². The van der Waals surface area contributed by atoms with E-state index in [4.69, 9.17) is 0 Å². The first-order chi connectivity index (χ1) is 14.0. The van der Waals surface area contributed by atoms with Crippen LogP contribution in [0.15, 0.2) is 53.5 Å². The van der Waals surface area contributed by atoms with Gasteiger partial charge in [-0.15, -0.1) is 0 Å². The van der Waals surface area contributed by atoms with E-state index in [-0.39, 0.29) is 35.9 Å². The number of pyridine rings is 1. The molecule has 1 saturated carbocycles. The van der Waals surface area contributed by atoms with Crippen molar-refractivity contribution in [2.45, 2.75) is 51.1 Å². The average Bonchev–Trinajstić information content (AvgIpc) is 3.22. The summed E-state index contributed by atoms with van der Waals surface area (Å²) in [6, 6.07) is 13.3. The summed E-state index contributed by atoms with van der Waals surface area (Å²) in [4.78, 5) is 39.5. The van der Waals surface area contributed by atoms with Crippen molar-refractivity contribution in [1.82, 2.24) is 14.8 Å². The molecule has 1 aliphatic carbocycles. The molecule has 1 N–H and O–H groups in total. The Morgan fingerprint density at radius 2 is 1.83 bits per heavy atom. The van der Waals surface area contributed by atoms with Crippen LogP contribution < -0.4 is 10.9 Å². The maximum absolute atomic E-state index is 12.9. The number of aromatic nitrogens is 1. The Morgan fingerprint density at radius 1 is 1.14 bits per heavy atom. The lowest BCUT2D eigenvalue weighted by Gasteiger charge is -2.22. The largest absolute Gasteiger partial charge is 0.352 e. The summed E-state index contributed by atoms with van der Waals surface area (Å²) >= 11 is 0. The van der Waals surface area contributed by atoms with E-state index in [9.17, 15) is 14.4 Å². The molecule has 6 nitrogen and oxygen atoms in total. The molecule has 0 spiro atoms. The van der Waals surface area contributed by atoms with Crippen molar-refractivity contribution < 1.29 is 9.59 Å². The molecule has 2 aromatic rings. The Morgan fingerprint density at radius 3 is 2.52 bits per heavy atom. The molecule has 2 amide bonds. The number of hydrogen-bond donors (Lipinski definition) is 1. The first-order valence-corrected chi connectivity index (χ1v) is 10.2. The first kappa shape index (κ1) is 20.8. The van der Waals surface area contributed by atoms with E-state index in [0.717, 1.165) is 31.2 Å². The van der Waals surface area contributed by atoms with Gasteiger partial charge in [0, 0.05) is 25.8 Å². The van der Waals surface area contributed by atoms with Crippen molar-refractivity contribution in [3.63, 3.8) is 0 Å². The zero-order chi connectivity index (χ0) is 20.8. The molecule has 1 aromatic heterocycles. The van der Waals surface area contributed by atoms with Crippen LogP contribution in [0.5, 0.6) is 0 Å². The monoisotopic (exact) mass is 395 g/mol. The van der Waals surface area contributed by atoms with Crippen LogP contribution in [0.1, 0.15) is 54.4 Å². The number of rotatable bonds is 7. The Balaban J connectivity index is 1.66. The third kappa shape index (κ3) is 5.34. The van der Waals surface area contributed by atoms with Gasteiger partial charge >= 0.3 is 0 Å². The van der Waals surface area contributed by atoms with Crippen LogP contribution in [0.25, 0.3) is 0 Å². The number of carbonyl (C=O) groups is 2. The summed E-state index contributed by atoms with van der Waals surface area (Å²) in [7, 11) is 1.70. The van der Waals surface area contributed by atoms with Gasteiger partial charge < -0.3 is 14.8 Å². The normalized spacial score (nSPS) is 15.1. The van der Waals surface area contributed by atoms with Gasteiger partial charge in [0.2, 0.25) is 5.91 Å². The van der Waals surface area contributed by atoms with Gasteiger partial charge in [-0.1, -0.05) is 50.1 Å². The molecule has 0 saturated heterocycles. The van der Waals surface area contributed by atoms with Crippen molar-refractivity contribution in [3.05, 3.63) is 70.1 Å². The predicted octanol–water partition coefficient (Wildman–Crippen LogP) is 2.78. The highest BCUT2D eigenvalue weighted by Gasteiger charge is 2.21. The lowest BCUT2D eigenvalue weighted by Crippen LogP contribution is -2.40. The second kappa shape index (κ2) is 9.54. The minimum absolute atomic E-state index is 0.0689. The highest BCUT2D eigenvalue weighted by Crippen LogP contribution is 2.18. The molecule has 1 aliphatic rings. The van der Waals surface area contributed by atoms with Crippen molar-refractivity contribution in [3.8, 4) is 0 Å². The van der Waals surface area contributed by atoms with E-state index in [2.05, 4.69) is 12.2 Å². The zero-order valence-corrected chi connectivity index (χ0v) is 17.1. The van der Waals surface area contributed by atoms with Gasteiger partial charge in [0.05, 0.1) is 0 Å². The Kier molecular flexibility index (Phi) is 6.86. The maximum atomic E-state index is 12.9. The summed E-state index contributed by atoms with van der Waals surface area (Å²) in [5.74, 6) is -0.369. The molecule has 3 rings (SSSR count). The number of benzene rings is 1. The molecule has 29 heavy (non-hydrogen) atoms. The standard InChI is InChI=1S/C23H29N3O3/c1-17(18-9-4-3-5-10-18)15-25(2)22(28)20-13-8-14-26(23(20)29)16-21(27)24-19-11-6-7-12-19/h3-5,8-10,13-14,17,19H,6-7,11-12,15-16H2,1-2H3,(H,24,27). The number of nitrogens with one attached hydrogen (secondary N) is 1. The molecule has 1 unspecified atom stereocenters. The molecule has 154 valence electrons. The highest BCUT2D eigenvalue weighted by molar-refractivity contribution is 5.93. The van der Waals surface area contributed by atoms with Crippen LogP contribution in [0.3, 0.4) is 0 Å². The summed E-state index contributed by atoms with van der Waals surface area (Å²) in [5.41, 5.74) is 0.795. The van der Waals surface area contributed by atoms with E-state index in [0.29, 0.717) is 6.54 Å². The molecule has 1 fully saturated rings. The second-order valence-corrected chi connectivity index (χ2v) is 7.90. The van der Waals surface area contributed by atoms with E-state index in [1.807, 2.05) is 30.3 Å². The number of amides is 2. The third-order valence-corrected chi connectivity index (χ3v) is 5.55. The van der Waals surface area contributed by atoms with Crippen LogP contribution in [0.2, 0.25) is 0 Å². The van der Waals surface area contributed by atoms with Crippen molar-refractivity contribution >= 4 is 11.8 Å². The fraction of sp³-hybridized carbons (Fsp3) is 0.435. The van der Waals surface area contributed by atoms with Gasteiger partial charge in [-0.05, 0) is 36.5 Å². The topological polar surface area (TPSA) is 71.4 Å². The number of carbonyl (C=O) groups excluding carboxylic acids is 2. The molecular formula is C23H29N3O3. The SMILES string of the molecule is CC(CN(C)C(=O)c1cccn(CC(=O)NC2CCCC2)c1=O)c1ccccc1. The van der Waals surface area contributed by atoms with Crippen LogP contribution in [-0.2, 0) is 11.3 Å². The van der Waals surface area contributed by atoms with Gasteiger partial charge in [-0.25, -0.2) is 0 Å². The average molecular weight is 396 g/mol. The third-order valence-electron chi connectivity index (χ3n) is 5.55. The van der Waals surface area contributed by atoms with Gasteiger partial charge in [-0.3, -0.25) is 14.4 Å². The van der Waals surface area contributed by atoms with Crippen LogP contribution in [0, 0.1) is 0 Å². The molecular weight excluding hydrogens is 366 g/mol. The molecule has 1 aromatic carbocycles. The highest BCUT2D eigenvalue weighted by atomic mass is 16.2. The molecule has 6 heteroatoms. The lowest BCUT2D eigenvalue weighted by atomic mass is 10.0. The minimum atomic E-state index is -0.432. The number of likely N-dealkylation sites (N-methyl/N-ethyl adjacent to an activating group) is 1. The van der Waals surface area contributed by atoms with Crippen LogP contribution in [0.4, 0.5) is 0 Å². The Hall–Kier alpha value is -2.89. The summed E-state index contributed by atoms with van der Waals surface area (Å²) in [6.07, 6.45) is 5.79. The first-order valence-electron chi connectivity index (χ1n) is 10.2. The van der Waals surface area contributed by atoms with E-state index in [1.165, 1.54) is 10.6 Å². The van der Waals surface area contributed by atoms with Gasteiger partial charge in [0.25, 0.3) is 11.5 Å². The van der Waals surface area contributed by atoms with Crippen LogP contribution >= 0.6 is 0 Å². The van der Waals surface area contributed by atoms with Gasteiger partial charge in [-0.2, -0.15) is 0 Å². The maximum Gasteiger partial charge on any atom is 0.263 e. The van der Waals surface area contributed by atoms with Crippen molar-refractivity contribution in [2.24, 2.45) is 0 Å². The van der Waals surface area contributed by atoms with Crippen molar-refractivity contribution in [1.29, 1.82) is 0 Å². The predicted molar refractivity (Wildman–Crippen MR) is 113 cm³/mol. The Labute approximate surface area is 171 Å². The molecule has 0 aliphatic heterocycles. The molecule has 0 radical (unpaired) electrons. The van der Waals surface area contributed by atoms with Crippen LogP contribution in [-0.4, -0.2) is 40.9 Å². The number of nitrogens with zero attached hydrogens (tertiary/aromatic N) is 2. The zero-order valence-electron chi connectivity index (χ0n) is 17.1. The molecule has 0 bridgehead atoms. The Bertz CT molecular complexity index is 901. The van der Waals surface area contributed by atoms with E-state index in [1.54, 1.807) is 24.2 Å². The van der Waals surface area contributed by atoms with E-state index < -0.39 is 5.56 Å². The summed E-state index contributed by atoms with van der Waals surface area (Å²) < 4.78 is 1.31. The fourth-order valence-corrected chi connectivity index (χ4v) is 3.91. The second-order valence-electron chi connectivity index (χ2n) is 7.90. The quantitative estimate of drug-likeness (QED) is 0.784.